The number of alkyl halides is 2. The highest BCUT2D eigenvalue weighted by molar-refractivity contribution is 4.55. The maximum Gasteiger partial charge on any atom is 0.174 e. The van der Waals surface area contributed by atoms with Crippen molar-refractivity contribution < 1.29 is 13.9 Å². The van der Waals surface area contributed by atoms with Crippen LogP contribution in [0.5, 0.6) is 0 Å². The predicted molar refractivity (Wildman–Crippen MR) is 30.6 cm³/mol. The summed E-state index contributed by atoms with van der Waals surface area (Å²) in [4.78, 5) is 0. The molecular formula is C5H11F2NO. The van der Waals surface area contributed by atoms with E-state index in [4.69, 9.17) is 5.11 Å². The average Bonchev–Trinajstić information content (AvgIpc) is 1.83. The first kappa shape index (κ1) is 8.78. The van der Waals surface area contributed by atoms with Crippen molar-refractivity contribution >= 4 is 0 Å². The van der Waals surface area contributed by atoms with Gasteiger partial charge >= 0.3 is 0 Å². The molecule has 0 aliphatic heterocycles. The minimum atomic E-state index is -1.50. The third-order valence-corrected chi connectivity index (χ3v) is 0.781. The fourth-order valence-corrected chi connectivity index (χ4v) is 0.355. The molecule has 0 bridgehead atoms. The minimum Gasteiger partial charge on any atom is -0.392 e. The van der Waals surface area contributed by atoms with Gasteiger partial charge in [0.1, 0.15) is 6.17 Å². The van der Waals surface area contributed by atoms with Gasteiger partial charge in [-0.2, -0.15) is 0 Å². The summed E-state index contributed by atoms with van der Waals surface area (Å²) in [5.74, 6) is 0. The van der Waals surface area contributed by atoms with Gasteiger partial charge in [0.05, 0.1) is 6.61 Å². The van der Waals surface area contributed by atoms with E-state index in [1.807, 2.05) is 0 Å². The zero-order chi connectivity index (χ0) is 7.28. The number of aliphatic hydroxyl groups excluding tert-OH is 1. The van der Waals surface area contributed by atoms with Crippen LogP contribution in [-0.2, 0) is 0 Å². The Bertz CT molecular complexity index is 70.0. The summed E-state index contributed by atoms with van der Waals surface area (Å²) in [5.41, 5.74) is 0. The largest absolute Gasteiger partial charge is 0.392 e. The highest BCUT2D eigenvalue weighted by Crippen LogP contribution is 1.87. The fourth-order valence-electron chi connectivity index (χ4n) is 0.355. The Balaban J connectivity index is 3.06. The number of hydrogen-bond donors (Lipinski definition) is 2. The predicted octanol–water partition coefficient (Wildman–Crippen LogP) is 0.222. The average molecular weight is 139 g/mol. The van der Waals surface area contributed by atoms with E-state index >= 15 is 0 Å². The third-order valence-electron chi connectivity index (χ3n) is 0.781. The van der Waals surface area contributed by atoms with E-state index in [1.165, 1.54) is 6.92 Å². The molecule has 2 N–H and O–H groups in total. The summed E-state index contributed by atoms with van der Waals surface area (Å²) >= 11 is 0. The lowest BCUT2D eigenvalue weighted by atomic mass is 10.4. The third kappa shape index (κ3) is 5.65. The molecule has 4 heteroatoms. The van der Waals surface area contributed by atoms with E-state index < -0.39 is 19.1 Å². The van der Waals surface area contributed by atoms with Crippen LogP contribution in [0, 0.1) is 0 Å². The lowest BCUT2D eigenvalue weighted by Crippen LogP contribution is -2.32. The second-order valence-electron chi connectivity index (χ2n) is 1.84. The molecule has 9 heavy (non-hydrogen) atoms. The summed E-state index contributed by atoms with van der Waals surface area (Å²) in [7, 11) is 0. The lowest BCUT2D eigenvalue weighted by Gasteiger charge is -2.06. The van der Waals surface area contributed by atoms with Crippen molar-refractivity contribution in [2.45, 2.75) is 19.4 Å². The van der Waals surface area contributed by atoms with Crippen molar-refractivity contribution in [3.05, 3.63) is 0 Å². The molecule has 0 saturated carbocycles. The summed E-state index contributed by atoms with van der Waals surface area (Å²) in [6.07, 6.45) is -2.57. The number of rotatable bonds is 4. The molecule has 0 amide bonds. The molecule has 2 atom stereocenters. The molecule has 0 aromatic carbocycles. The van der Waals surface area contributed by atoms with Crippen LogP contribution in [0.1, 0.15) is 6.92 Å². The second kappa shape index (κ2) is 4.64. The van der Waals surface area contributed by atoms with Crippen LogP contribution in [0.3, 0.4) is 0 Å². The molecule has 0 radical (unpaired) electrons. The van der Waals surface area contributed by atoms with Gasteiger partial charge < -0.3 is 5.11 Å². The van der Waals surface area contributed by atoms with E-state index in [1.54, 1.807) is 0 Å². The van der Waals surface area contributed by atoms with Crippen molar-refractivity contribution in [3.63, 3.8) is 0 Å². The van der Waals surface area contributed by atoms with Crippen LogP contribution in [0.4, 0.5) is 8.78 Å². The molecule has 0 aromatic rings. The second-order valence-corrected chi connectivity index (χ2v) is 1.84. The van der Waals surface area contributed by atoms with Crippen LogP contribution in [0.25, 0.3) is 0 Å². The molecule has 0 aromatic heterocycles. The maximum atomic E-state index is 12.0. The number of aliphatic hydroxyl groups is 1. The normalized spacial score (nSPS) is 17.3. The quantitative estimate of drug-likeness (QED) is 0.546. The Morgan fingerprint density at radius 1 is 1.56 bits per heavy atom. The zero-order valence-corrected chi connectivity index (χ0v) is 5.27. The van der Waals surface area contributed by atoms with Crippen LogP contribution in [-0.4, -0.2) is 30.7 Å². The van der Waals surface area contributed by atoms with Crippen molar-refractivity contribution in [2.24, 2.45) is 0 Å². The maximum absolute atomic E-state index is 12.0. The molecule has 0 unspecified atom stereocenters. The standard InChI is InChI=1S/C5H11F2NO/c1-4(6)2-8-5(7)3-9/h4-5,8-9H,2-3H2,1H3/t4-,5-/m0/s1. The topological polar surface area (TPSA) is 32.3 Å². The van der Waals surface area contributed by atoms with E-state index in [-0.39, 0.29) is 6.54 Å². The molecule has 0 rings (SSSR count). The molecule has 56 valence electrons. The Kier molecular flexibility index (Phi) is 4.53. The number of hydrogen-bond acceptors (Lipinski definition) is 2. The van der Waals surface area contributed by atoms with Gasteiger partial charge in [-0.15, -0.1) is 0 Å². The first-order valence-electron chi connectivity index (χ1n) is 2.79. The Hall–Kier alpha value is -0.220. The summed E-state index contributed by atoms with van der Waals surface area (Å²) in [5, 5.41) is 10.2. The summed E-state index contributed by atoms with van der Waals surface area (Å²) in [6, 6.07) is 0. The molecule has 0 aliphatic carbocycles. The smallest absolute Gasteiger partial charge is 0.174 e. The van der Waals surface area contributed by atoms with E-state index in [9.17, 15) is 8.78 Å². The molecule has 0 saturated heterocycles. The van der Waals surface area contributed by atoms with Gasteiger partial charge in [-0.1, -0.05) is 0 Å². The van der Waals surface area contributed by atoms with Crippen molar-refractivity contribution in [3.8, 4) is 0 Å². The molecule has 0 aliphatic rings. The van der Waals surface area contributed by atoms with Gasteiger partial charge in [-0.3, -0.25) is 5.32 Å². The van der Waals surface area contributed by atoms with Gasteiger partial charge in [0, 0.05) is 6.54 Å². The lowest BCUT2D eigenvalue weighted by molar-refractivity contribution is 0.141. The zero-order valence-electron chi connectivity index (χ0n) is 5.27. The summed E-state index contributed by atoms with van der Waals surface area (Å²) in [6.45, 7) is 0.658. The van der Waals surface area contributed by atoms with Gasteiger partial charge in [-0.05, 0) is 6.92 Å². The number of halogens is 2. The highest BCUT2D eigenvalue weighted by atomic mass is 19.1. The van der Waals surface area contributed by atoms with E-state index in [0.29, 0.717) is 0 Å². The summed E-state index contributed by atoms with van der Waals surface area (Å²) < 4.78 is 23.9. The van der Waals surface area contributed by atoms with Crippen LogP contribution in [0.2, 0.25) is 0 Å². The van der Waals surface area contributed by atoms with Crippen molar-refractivity contribution in [1.29, 1.82) is 0 Å². The Labute approximate surface area is 52.9 Å². The molecule has 2 nitrogen and oxygen atoms in total. The molecular weight excluding hydrogens is 128 g/mol. The van der Waals surface area contributed by atoms with Crippen LogP contribution >= 0.6 is 0 Å². The molecule has 0 fully saturated rings. The van der Waals surface area contributed by atoms with Gasteiger partial charge in [-0.25, -0.2) is 8.78 Å². The van der Waals surface area contributed by atoms with Gasteiger partial charge in [0.15, 0.2) is 6.30 Å². The van der Waals surface area contributed by atoms with Gasteiger partial charge in [0.25, 0.3) is 0 Å². The fraction of sp³-hybridized carbons (Fsp3) is 1.00. The Morgan fingerprint density at radius 2 is 2.11 bits per heavy atom. The molecule has 0 spiro atoms. The molecule has 0 heterocycles. The van der Waals surface area contributed by atoms with Crippen molar-refractivity contribution in [2.75, 3.05) is 13.2 Å². The first-order chi connectivity index (χ1) is 4.16. The minimum absolute atomic E-state index is 0.0538. The Morgan fingerprint density at radius 3 is 2.44 bits per heavy atom. The van der Waals surface area contributed by atoms with Gasteiger partial charge in [0.2, 0.25) is 0 Å². The van der Waals surface area contributed by atoms with Crippen LogP contribution in [0.15, 0.2) is 0 Å². The first-order valence-corrected chi connectivity index (χ1v) is 2.79. The monoisotopic (exact) mass is 139 g/mol. The van der Waals surface area contributed by atoms with Crippen LogP contribution < -0.4 is 5.32 Å². The number of nitrogens with one attached hydrogen (secondary N) is 1. The van der Waals surface area contributed by atoms with E-state index in [2.05, 4.69) is 5.32 Å². The van der Waals surface area contributed by atoms with Crippen molar-refractivity contribution in [1.82, 2.24) is 5.32 Å². The van der Waals surface area contributed by atoms with E-state index in [0.717, 1.165) is 0 Å². The SMILES string of the molecule is C[C@H](F)CN[C@H](F)CO. The highest BCUT2D eigenvalue weighted by Gasteiger charge is 2.04.